The molecule has 0 fully saturated rings. The largest absolute Gasteiger partial charge is 0.481 e. The number of aromatic nitrogens is 1. The zero-order valence-electron chi connectivity index (χ0n) is 6.63. The first kappa shape index (κ1) is 9.59. The molecule has 70 valence electrons. The average molecular weight is 202 g/mol. The second kappa shape index (κ2) is 3.48. The van der Waals surface area contributed by atoms with Gasteiger partial charge in [0.25, 0.3) is 0 Å². The third kappa shape index (κ3) is 2.00. The molecule has 0 aliphatic heterocycles. The standard InChI is InChI=1S/C6H6N2O4S/c1-3(6(9)10)5-7-2-4(13-5)8(11)12/h2-3H,1H3,(H,9,10). The second-order valence-electron chi connectivity index (χ2n) is 2.35. The second-order valence-corrected chi connectivity index (χ2v) is 3.39. The summed E-state index contributed by atoms with van der Waals surface area (Å²) in [7, 11) is 0. The molecular formula is C6H6N2O4S. The highest BCUT2D eigenvalue weighted by Gasteiger charge is 2.20. The topological polar surface area (TPSA) is 93.3 Å². The number of rotatable bonds is 3. The van der Waals surface area contributed by atoms with Gasteiger partial charge in [-0.2, -0.15) is 0 Å². The summed E-state index contributed by atoms with van der Waals surface area (Å²) in [5.74, 6) is -1.83. The highest BCUT2D eigenvalue weighted by Crippen LogP contribution is 2.26. The van der Waals surface area contributed by atoms with Gasteiger partial charge < -0.3 is 5.11 Å². The maximum absolute atomic E-state index is 10.5. The van der Waals surface area contributed by atoms with Gasteiger partial charge in [-0.25, -0.2) is 4.98 Å². The number of aliphatic carboxylic acids is 1. The molecule has 1 rings (SSSR count). The van der Waals surface area contributed by atoms with Gasteiger partial charge >= 0.3 is 11.0 Å². The fraction of sp³-hybridized carbons (Fsp3) is 0.333. The van der Waals surface area contributed by atoms with Gasteiger partial charge in [-0.1, -0.05) is 0 Å². The predicted molar refractivity (Wildman–Crippen MR) is 44.8 cm³/mol. The van der Waals surface area contributed by atoms with Gasteiger partial charge in [0.2, 0.25) is 0 Å². The minimum atomic E-state index is -1.04. The SMILES string of the molecule is CC(C(=O)O)c1ncc([N+](=O)[O-])s1. The van der Waals surface area contributed by atoms with Crippen molar-refractivity contribution in [2.45, 2.75) is 12.8 Å². The van der Waals surface area contributed by atoms with E-state index in [2.05, 4.69) is 4.98 Å². The number of carboxylic acid groups (broad SMARTS) is 1. The Hall–Kier alpha value is -1.50. The molecule has 0 aromatic carbocycles. The lowest BCUT2D eigenvalue weighted by atomic mass is 10.2. The van der Waals surface area contributed by atoms with E-state index in [1.54, 1.807) is 0 Å². The lowest BCUT2D eigenvalue weighted by Crippen LogP contribution is -2.06. The summed E-state index contributed by atoms with van der Waals surface area (Å²) < 4.78 is 0. The summed E-state index contributed by atoms with van der Waals surface area (Å²) in [5.41, 5.74) is 0. The maximum atomic E-state index is 10.5. The van der Waals surface area contributed by atoms with Crippen LogP contribution in [0.3, 0.4) is 0 Å². The lowest BCUT2D eigenvalue weighted by molar-refractivity contribution is -0.380. The third-order valence-electron chi connectivity index (χ3n) is 1.43. The molecule has 0 aliphatic carbocycles. The molecule has 0 aliphatic rings. The highest BCUT2D eigenvalue weighted by molar-refractivity contribution is 7.15. The molecule has 1 unspecified atom stereocenters. The summed E-state index contributed by atoms with van der Waals surface area (Å²) in [6, 6.07) is 0. The normalized spacial score (nSPS) is 12.4. The van der Waals surface area contributed by atoms with Crippen LogP contribution in [0, 0.1) is 10.1 Å². The Balaban J connectivity index is 2.91. The van der Waals surface area contributed by atoms with Crippen molar-refractivity contribution in [3.05, 3.63) is 21.3 Å². The maximum Gasteiger partial charge on any atom is 0.343 e. The third-order valence-corrected chi connectivity index (χ3v) is 2.56. The molecular weight excluding hydrogens is 196 g/mol. The molecule has 1 aromatic rings. The van der Waals surface area contributed by atoms with Crippen LogP contribution >= 0.6 is 11.3 Å². The molecule has 0 saturated heterocycles. The predicted octanol–water partition coefficient (Wildman–Crippen LogP) is 1.24. The Morgan fingerprint density at radius 3 is 2.85 bits per heavy atom. The van der Waals surface area contributed by atoms with E-state index in [0.717, 1.165) is 17.5 Å². The number of thiazole rings is 1. The summed E-state index contributed by atoms with van der Waals surface area (Å²) in [6.45, 7) is 1.44. The number of carbonyl (C=O) groups is 1. The van der Waals surface area contributed by atoms with Gasteiger partial charge in [-0.05, 0) is 18.3 Å². The van der Waals surface area contributed by atoms with Crippen molar-refractivity contribution in [1.29, 1.82) is 0 Å². The fourth-order valence-corrected chi connectivity index (χ4v) is 1.45. The van der Waals surface area contributed by atoms with Crippen LogP contribution in [-0.4, -0.2) is 21.0 Å². The van der Waals surface area contributed by atoms with E-state index in [9.17, 15) is 14.9 Å². The van der Waals surface area contributed by atoms with Crippen molar-refractivity contribution in [3.8, 4) is 0 Å². The molecule has 1 aromatic heterocycles. The quantitative estimate of drug-likeness (QED) is 0.587. The van der Waals surface area contributed by atoms with Crippen molar-refractivity contribution in [2.75, 3.05) is 0 Å². The van der Waals surface area contributed by atoms with Gasteiger partial charge in [0.05, 0.1) is 4.92 Å². The van der Waals surface area contributed by atoms with Crippen LogP contribution in [0.1, 0.15) is 17.8 Å². The van der Waals surface area contributed by atoms with Crippen LogP contribution in [0.2, 0.25) is 0 Å². The Kier molecular flexibility index (Phi) is 2.57. The molecule has 1 heterocycles. The van der Waals surface area contributed by atoms with Crippen LogP contribution in [-0.2, 0) is 4.79 Å². The minimum absolute atomic E-state index is 0.136. The first-order valence-electron chi connectivity index (χ1n) is 3.35. The van der Waals surface area contributed by atoms with Crippen molar-refractivity contribution in [1.82, 2.24) is 4.98 Å². The Morgan fingerprint density at radius 2 is 2.46 bits per heavy atom. The van der Waals surface area contributed by atoms with Crippen molar-refractivity contribution in [2.24, 2.45) is 0 Å². The van der Waals surface area contributed by atoms with Gasteiger partial charge in [0.1, 0.15) is 17.1 Å². The number of nitro groups is 1. The number of carboxylic acids is 1. The minimum Gasteiger partial charge on any atom is -0.481 e. The zero-order chi connectivity index (χ0) is 10.0. The first-order valence-corrected chi connectivity index (χ1v) is 4.17. The molecule has 13 heavy (non-hydrogen) atoms. The lowest BCUT2D eigenvalue weighted by Gasteiger charge is -1.97. The summed E-state index contributed by atoms with van der Waals surface area (Å²) in [4.78, 5) is 23.8. The van der Waals surface area contributed by atoms with Crippen molar-refractivity contribution < 1.29 is 14.8 Å². The number of hydrogen-bond acceptors (Lipinski definition) is 5. The highest BCUT2D eigenvalue weighted by atomic mass is 32.1. The van der Waals surface area contributed by atoms with Crippen molar-refractivity contribution >= 4 is 22.3 Å². The van der Waals surface area contributed by atoms with Crippen LogP contribution in [0.15, 0.2) is 6.20 Å². The Morgan fingerprint density at radius 1 is 1.85 bits per heavy atom. The zero-order valence-corrected chi connectivity index (χ0v) is 7.45. The molecule has 0 radical (unpaired) electrons. The Bertz CT molecular complexity index is 348. The van der Waals surface area contributed by atoms with Gasteiger partial charge in [0, 0.05) is 0 Å². The molecule has 7 heteroatoms. The van der Waals surface area contributed by atoms with E-state index in [-0.39, 0.29) is 10.0 Å². The van der Waals surface area contributed by atoms with E-state index >= 15 is 0 Å². The number of hydrogen-bond donors (Lipinski definition) is 1. The monoisotopic (exact) mass is 202 g/mol. The average Bonchev–Trinajstić information content (AvgIpc) is 2.50. The van der Waals surface area contributed by atoms with Gasteiger partial charge in [0.15, 0.2) is 0 Å². The molecule has 0 saturated carbocycles. The summed E-state index contributed by atoms with van der Waals surface area (Å²) in [5, 5.41) is 18.9. The molecule has 1 N–H and O–H groups in total. The van der Waals surface area contributed by atoms with Crippen LogP contribution in [0.4, 0.5) is 5.00 Å². The van der Waals surface area contributed by atoms with Crippen LogP contribution < -0.4 is 0 Å². The van der Waals surface area contributed by atoms with Crippen molar-refractivity contribution in [3.63, 3.8) is 0 Å². The number of nitrogens with zero attached hydrogens (tertiary/aromatic N) is 2. The van der Waals surface area contributed by atoms with Gasteiger partial charge in [-0.15, -0.1) is 0 Å². The Labute approximate surface area is 77.0 Å². The van der Waals surface area contributed by atoms with E-state index in [0.29, 0.717) is 0 Å². The van der Waals surface area contributed by atoms with E-state index < -0.39 is 16.8 Å². The first-order chi connectivity index (χ1) is 6.02. The summed E-state index contributed by atoms with van der Waals surface area (Å²) >= 11 is 0.786. The van der Waals surface area contributed by atoms with E-state index in [4.69, 9.17) is 5.11 Å². The molecule has 0 amide bonds. The molecule has 0 bridgehead atoms. The van der Waals surface area contributed by atoms with Gasteiger partial charge in [-0.3, -0.25) is 14.9 Å². The van der Waals surface area contributed by atoms with E-state index in [1.165, 1.54) is 6.92 Å². The van der Waals surface area contributed by atoms with E-state index in [1.807, 2.05) is 0 Å². The van der Waals surface area contributed by atoms with Crippen LogP contribution in [0.25, 0.3) is 0 Å². The molecule has 0 spiro atoms. The smallest absolute Gasteiger partial charge is 0.343 e. The summed E-state index contributed by atoms with van der Waals surface area (Å²) in [6.07, 6.45) is 1.07. The van der Waals surface area contributed by atoms with Crippen LogP contribution in [0.5, 0.6) is 0 Å². The molecule has 6 nitrogen and oxygen atoms in total. The fourth-order valence-electron chi connectivity index (χ4n) is 0.669. The molecule has 1 atom stereocenters.